The summed E-state index contributed by atoms with van der Waals surface area (Å²) in [6.45, 7) is 15.8. The van der Waals surface area contributed by atoms with Crippen molar-refractivity contribution in [2.45, 2.75) is 65.7 Å². The minimum atomic E-state index is 0.0213. The van der Waals surface area contributed by atoms with E-state index in [4.69, 9.17) is 4.74 Å². The summed E-state index contributed by atoms with van der Waals surface area (Å²) >= 11 is 0. The van der Waals surface area contributed by atoms with E-state index in [0.717, 1.165) is 12.2 Å². The van der Waals surface area contributed by atoms with E-state index < -0.39 is 0 Å². The number of methoxy groups -OCH3 is 1. The fourth-order valence-corrected chi connectivity index (χ4v) is 3.92. The Balaban J connectivity index is 2.30. The molecule has 0 unspecified atom stereocenters. The van der Waals surface area contributed by atoms with E-state index in [1.54, 1.807) is 7.11 Å². The fraction of sp³-hybridized carbons (Fsp3) is 0.440. The van der Waals surface area contributed by atoms with Crippen molar-refractivity contribution in [2.24, 2.45) is 0 Å². The van der Waals surface area contributed by atoms with E-state index in [-0.39, 0.29) is 10.8 Å². The van der Waals surface area contributed by atoms with Crippen molar-refractivity contribution < 1.29 is 4.74 Å². The number of ether oxygens (including phenoxy) is 1. The minimum absolute atomic E-state index is 0.0213. The number of fused-ring (bicyclic) bond motifs is 1. The first-order valence-corrected chi connectivity index (χ1v) is 9.55. The summed E-state index contributed by atoms with van der Waals surface area (Å²) in [6, 6.07) is 11.4. The van der Waals surface area contributed by atoms with Crippen LogP contribution in [0.1, 0.15) is 70.7 Å². The molecule has 0 bridgehead atoms. The van der Waals surface area contributed by atoms with Crippen molar-refractivity contribution in [3.63, 3.8) is 0 Å². The number of rotatable bonds is 2. The second-order valence-corrected chi connectivity index (χ2v) is 9.65. The lowest BCUT2D eigenvalue weighted by Gasteiger charge is -2.30. The quantitative estimate of drug-likeness (QED) is 0.572. The van der Waals surface area contributed by atoms with Crippen LogP contribution in [0.5, 0.6) is 5.75 Å². The van der Waals surface area contributed by atoms with Crippen LogP contribution in [0.15, 0.2) is 35.9 Å². The van der Waals surface area contributed by atoms with Crippen molar-refractivity contribution in [3.05, 3.63) is 58.2 Å². The van der Waals surface area contributed by atoms with Crippen molar-refractivity contribution in [1.82, 2.24) is 0 Å². The van der Waals surface area contributed by atoms with Crippen LogP contribution in [0.4, 0.5) is 0 Å². The molecule has 2 aromatic rings. The Morgan fingerprint density at radius 2 is 1.46 bits per heavy atom. The first-order valence-electron chi connectivity index (χ1n) is 9.55. The van der Waals surface area contributed by atoms with Gasteiger partial charge in [-0.05, 0) is 58.6 Å². The van der Waals surface area contributed by atoms with Gasteiger partial charge in [-0.2, -0.15) is 0 Å². The van der Waals surface area contributed by atoms with Gasteiger partial charge < -0.3 is 4.74 Å². The van der Waals surface area contributed by atoms with E-state index in [1.165, 1.54) is 39.0 Å². The third kappa shape index (κ3) is 3.32. The molecule has 0 aromatic heterocycles. The maximum atomic E-state index is 5.92. The zero-order chi connectivity index (χ0) is 19.3. The number of allylic oxidation sites excluding steroid dienone is 1. The average molecular weight is 349 g/mol. The Kier molecular flexibility index (Phi) is 4.55. The molecular weight excluding hydrogens is 316 g/mol. The minimum Gasteiger partial charge on any atom is -0.496 e. The number of hydrogen-bond acceptors (Lipinski definition) is 1. The molecule has 0 saturated carbocycles. The molecule has 0 fully saturated rings. The molecule has 1 nitrogen and oxygen atoms in total. The zero-order valence-corrected chi connectivity index (χ0v) is 17.6. The van der Waals surface area contributed by atoms with Gasteiger partial charge in [-0.1, -0.05) is 71.4 Å². The lowest BCUT2D eigenvalue weighted by atomic mass is 9.77. The van der Waals surface area contributed by atoms with Crippen LogP contribution in [-0.4, -0.2) is 7.11 Å². The van der Waals surface area contributed by atoms with Gasteiger partial charge in [0.05, 0.1) is 7.11 Å². The van der Waals surface area contributed by atoms with Crippen molar-refractivity contribution in [3.8, 4) is 16.9 Å². The molecule has 1 aliphatic carbocycles. The summed E-state index contributed by atoms with van der Waals surface area (Å²) in [6.07, 6.45) is 3.37. The molecule has 3 rings (SSSR count). The van der Waals surface area contributed by atoms with E-state index in [2.05, 4.69) is 84.9 Å². The smallest absolute Gasteiger partial charge is 0.126 e. The topological polar surface area (TPSA) is 9.23 Å². The van der Waals surface area contributed by atoms with Crippen LogP contribution < -0.4 is 4.74 Å². The van der Waals surface area contributed by atoms with E-state index in [1.807, 2.05) is 0 Å². The molecule has 0 aliphatic heterocycles. The molecule has 138 valence electrons. The largest absolute Gasteiger partial charge is 0.496 e. The zero-order valence-electron chi connectivity index (χ0n) is 17.6. The molecule has 0 N–H and O–H groups in total. The van der Waals surface area contributed by atoms with Gasteiger partial charge in [-0.15, -0.1) is 0 Å². The Bertz CT molecular complexity index is 835. The standard InChI is InChI=1S/C25H32O/c1-16-12-17-10-9-11-19(20(17)13-16)18-14-21(24(2,3)4)23(26-8)22(15-18)25(5,6)7/h9-12,14-15H,13H2,1-8H3. The Morgan fingerprint density at radius 3 is 1.96 bits per heavy atom. The van der Waals surface area contributed by atoms with Gasteiger partial charge in [-0.3, -0.25) is 0 Å². The van der Waals surface area contributed by atoms with Crippen molar-refractivity contribution in [2.75, 3.05) is 7.11 Å². The third-order valence-electron chi connectivity index (χ3n) is 5.29. The first-order chi connectivity index (χ1) is 12.0. The second kappa shape index (κ2) is 6.30. The summed E-state index contributed by atoms with van der Waals surface area (Å²) in [5.74, 6) is 1.04. The third-order valence-corrected chi connectivity index (χ3v) is 5.29. The molecule has 0 heterocycles. The predicted molar refractivity (Wildman–Crippen MR) is 113 cm³/mol. The molecule has 0 radical (unpaired) electrons. The molecule has 1 heteroatoms. The maximum absolute atomic E-state index is 5.92. The van der Waals surface area contributed by atoms with Gasteiger partial charge >= 0.3 is 0 Å². The number of benzene rings is 2. The Labute approximate surface area is 159 Å². The lowest BCUT2D eigenvalue weighted by Crippen LogP contribution is -2.19. The fourth-order valence-electron chi connectivity index (χ4n) is 3.92. The highest BCUT2D eigenvalue weighted by Crippen LogP contribution is 2.44. The molecule has 0 saturated heterocycles. The van der Waals surface area contributed by atoms with Crippen LogP contribution in [0.3, 0.4) is 0 Å². The Hall–Kier alpha value is -2.02. The lowest BCUT2D eigenvalue weighted by molar-refractivity contribution is 0.381. The van der Waals surface area contributed by atoms with Gasteiger partial charge in [0.25, 0.3) is 0 Å². The molecular formula is C25H32O. The number of hydrogen-bond donors (Lipinski definition) is 0. The van der Waals surface area contributed by atoms with Gasteiger partial charge in [-0.25, -0.2) is 0 Å². The van der Waals surface area contributed by atoms with E-state index >= 15 is 0 Å². The van der Waals surface area contributed by atoms with Crippen molar-refractivity contribution >= 4 is 6.08 Å². The summed E-state index contributed by atoms with van der Waals surface area (Å²) < 4.78 is 5.92. The maximum Gasteiger partial charge on any atom is 0.126 e. The van der Waals surface area contributed by atoms with E-state index in [9.17, 15) is 0 Å². The van der Waals surface area contributed by atoms with Crippen LogP contribution in [0, 0.1) is 0 Å². The molecule has 0 amide bonds. The highest BCUT2D eigenvalue weighted by atomic mass is 16.5. The van der Waals surface area contributed by atoms with Gasteiger partial charge in [0.1, 0.15) is 5.75 Å². The second-order valence-electron chi connectivity index (χ2n) is 9.65. The molecule has 26 heavy (non-hydrogen) atoms. The Morgan fingerprint density at radius 1 is 0.885 bits per heavy atom. The van der Waals surface area contributed by atoms with Gasteiger partial charge in [0.2, 0.25) is 0 Å². The predicted octanol–water partition coefficient (Wildman–Crippen LogP) is 6.92. The molecule has 1 aliphatic rings. The van der Waals surface area contributed by atoms with Crippen LogP contribution in [0.2, 0.25) is 0 Å². The molecule has 0 atom stereocenters. The summed E-state index contributed by atoms with van der Waals surface area (Å²) in [4.78, 5) is 0. The molecule has 2 aromatic carbocycles. The van der Waals surface area contributed by atoms with Crippen LogP contribution in [0.25, 0.3) is 17.2 Å². The summed E-state index contributed by atoms with van der Waals surface area (Å²) in [5, 5.41) is 0. The highest BCUT2D eigenvalue weighted by Gasteiger charge is 2.28. The van der Waals surface area contributed by atoms with E-state index in [0.29, 0.717) is 0 Å². The molecule has 0 spiro atoms. The average Bonchev–Trinajstić information content (AvgIpc) is 2.91. The van der Waals surface area contributed by atoms with Gasteiger partial charge in [0, 0.05) is 11.1 Å². The highest BCUT2D eigenvalue weighted by molar-refractivity contribution is 5.78. The first kappa shape index (κ1) is 18.8. The van der Waals surface area contributed by atoms with Crippen molar-refractivity contribution in [1.29, 1.82) is 0 Å². The summed E-state index contributed by atoms with van der Waals surface area (Å²) in [7, 11) is 1.80. The normalized spacial score (nSPS) is 14.2. The SMILES string of the molecule is COc1c(C(C)(C)C)cc(-c2cccc3c2CC(C)=C3)cc1C(C)(C)C. The van der Waals surface area contributed by atoms with Crippen LogP contribution in [-0.2, 0) is 17.3 Å². The monoisotopic (exact) mass is 348 g/mol. The van der Waals surface area contributed by atoms with Crippen LogP contribution >= 0.6 is 0 Å². The van der Waals surface area contributed by atoms with Gasteiger partial charge in [0.15, 0.2) is 0 Å². The summed E-state index contributed by atoms with van der Waals surface area (Å²) in [5.41, 5.74) is 9.52.